The summed E-state index contributed by atoms with van der Waals surface area (Å²) < 4.78 is 10.8. The molecule has 3 aliphatic rings. The standard InChI is InChI=1S/C36H32N4O12/c1-17-24-22(40(35(48)52-16-19-10-6-3-7-11-19)38-34(47)51-15-18-8-4-2-5-9-18)12-13-23(41)27(24)30(43)28-25(17)29(42)20-14-21(39-50)26(33(37)46)31(44)36(20,49)32(28)45/h2-13,17,20,25,29,41-42,45,49H,14-16H2,1H3,(H2,37,46)(H,38,47)/t17-,20+,25+,29+,36+/m0/s1. The van der Waals surface area contributed by atoms with Gasteiger partial charge in [0, 0.05) is 23.8 Å². The van der Waals surface area contributed by atoms with Crippen LogP contribution in [-0.2, 0) is 32.3 Å². The third-order valence-corrected chi connectivity index (χ3v) is 9.61. The number of hydrazine groups is 1. The fraction of sp³-hybridized carbons (Fsp3) is 0.250. The molecule has 5 atom stereocenters. The van der Waals surface area contributed by atoms with E-state index < -0.39 is 99.5 Å². The van der Waals surface area contributed by atoms with Crippen molar-refractivity contribution >= 4 is 35.3 Å². The number of primary amides is 1. The Morgan fingerprint density at radius 3 is 2.13 bits per heavy atom. The van der Waals surface area contributed by atoms with Crippen molar-refractivity contribution in [3.63, 3.8) is 0 Å². The van der Waals surface area contributed by atoms with Crippen molar-refractivity contribution < 1.29 is 53.9 Å². The van der Waals surface area contributed by atoms with Crippen molar-refractivity contribution in [1.29, 1.82) is 0 Å². The van der Waals surface area contributed by atoms with Gasteiger partial charge < -0.3 is 35.6 Å². The van der Waals surface area contributed by atoms with Crippen LogP contribution in [0.15, 0.2) is 101 Å². The number of nitroso groups, excluding NO2 is 1. The highest BCUT2D eigenvalue weighted by Crippen LogP contribution is 2.56. The molecule has 0 spiro atoms. The first kappa shape index (κ1) is 35.4. The van der Waals surface area contributed by atoms with Gasteiger partial charge in [0.2, 0.25) is 5.78 Å². The Bertz CT molecular complexity index is 2070. The number of Topliss-reactive ketones (excluding diaryl/α,β-unsaturated/α-hetero) is 2. The van der Waals surface area contributed by atoms with Gasteiger partial charge in [0.1, 0.15) is 36.0 Å². The number of aromatic hydroxyl groups is 1. The van der Waals surface area contributed by atoms with Gasteiger partial charge in [-0.15, -0.1) is 4.91 Å². The molecule has 0 unspecified atom stereocenters. The molecular formula is C36H32N4O12. The van der Waals surface area contributed by atoms with E-state index in [2.05, 4.69) is 10.6 Å². The predicted octanol–water partition coefficient (Wildman–Crippen LogP) is 3.31. The van der Waals surface area contributed by atoms with Gasteiger partial charge in [0.25, 0.3) is 5.91 Å². The van der Waals surface area contributed by atoms with E-state index in [4.69, 9.17) is 15.2 Å². The Kier molecular flexibility index (Phi) is 9.36. The summed E-state index contributed by atoms with van der Waals surface area (Å²) in [6.45, 7) is 1.04. The van der Waals surface area contributed by atoms with Gasteiger partial charge in [-0.1, -0.05) is 67.6 Å². The number of nitrogens with zero attached hydrogens (tertiary/aromatic N) is 2. The Hall–Kier alpha value is -6.39. The summed E-state index contributed by atoms with van der Waals surface area (Å²) in [4.78, 5) is 78.3. The SMILES string of the molecule is C[C@H]1c2c(N(NC(=O)OCc3ccccc3)C(=O)OCc3ccccc3)ccc(O)c2C(=O)C2=C(O)[C@]3(O)C(=O)C(C(N)=O)=C(N=O)C[C@@H]3[C@@H](O)[C@@H]21. The minimum absolute atomic E-state index is 0.0969. The molecule has 6 rings (SSSR count). The van der Waals surface area contributed by atoms with E-state index in [9.17, 15) is 49.3 Å². The van der Waals surface area contributed by atoms with Crippen LogP contribution in [0.4, 0.5) is 15.3 Å². The fourth-order valence-electron chi connectivity index (χ4n) is 7.17. The molecule has 0 fully saturated rings. The first-order valence-electron chi connectivity index (χ1n) is 15.9. The van der Waals surface area contributed by atoms with Crippen LogP contribution in [0.1, 0.15) is 46.3 Å². The molecule has 3 amide bonds. The second-order valence-electron chi connectivity index (χ2n) is 12.5. The van der Waals surface area contributed by atoms with Gasteiger partial charge in [0.15, 0.2) is 11.4 Å². The number of carbonyl (C=O) groups is 5. The quantitative estimate of drug-likeness (QED) is 0.117. The van der Waals surface area contributed by atoms with Gasteiger partial charge in [-0.3, -0.25) is 14.4 Å². The molecule has 7 N–H and O–H groups in total. The number of phenolic OH excluding ortho intramolecular Hbond substituents is 1. The molecule has 16 nitrogen and oxygen atoms in total. The Morgan fingerprint density at radius 2 is 1.56 bits per heavy atom. The van der Waals surface area contributed by atoms with Crippen LogP contribution < -0.4 is 16.2 Å². The predicted molar refractivity (Wildman–Crippen MR) is 179 cm³/mol. The second kappa shape index (κ2) is 13.7. The average Bonchev–Trinajstić information content (AvgIpc) is 3.14. The van der Waals surface area contributed by atoms with E-state index in [-0.39, 0.29) is 24.5 Å². The number of ketones is 2. The fourth-order valence-corrected chi connectivity index (χ4v) is 7.17. The molecule has 3 aromatic carbocycles. The Morgan fingerprint density at radius 1 is 0.962 bits per heavy atom. The normalized spacial score (nSPS) is 23.5. The largest absolute Gasteiger partial charge is 0.508 e. The lowest BCUT2D eigenvalue weighted by atomic mass is 9.56. The van der Waals surface area contributed by atoms with Crippen LogP contribution in [-0.4, -0.2) is 61.8 Å². The minimum atomic E-state index is -3.07. The van der Waals surface area contributed by atoms with Gasteiger partial charge in [-0.25, -0.2) is 15.0 Å². The third-order valence-electron chi connectivity index (χ3n) is 9.61. The molecule has 0 saturated carbocycles. The second-order valence-corrected chi connectivity index (χ2v) is 12.5. The minimum Gasteiger partial charge on any atom is -0.508 e. The molecule has 0 aliphatic heterocycles. The van der Waals surface area contributed by atoms with Crippen molar-refractivity contribution in [3.05, 3.63) is 123 Å². The Balaban J connectivity index is 1.44. The first-order valence-corrected chi connectivity index (χ1v) is 15.9. The molecular weight excluding hydrogens is 680 g/mol. The lowest BCUT2D eigenvalue weighted by molar-refractivity contribution is -0.153. The molecule has 3 aliphatic carbocycles. The molecule has 16 heteroatoms. The highest BCUT2D eigenvalue weighted by atomic mass is 16.6. The summed E-state index contributed by atoms with van der Waals surface area (Å²) in [5.74, 6) is -10.2. The highest BCUT2D eigenvalue weighted by Gasteiger charge is 2.64. The highest BCUT2D eigenvalue weighted by molar-refractivity contribution is 6.25. The van der Waals surface area contributed by atoms with Crippen LogP contribution in [0.2, 0.25) is 0 Å². The molecule has 52 heavy (non-hydrogen) atoms. The first-order chi connectivity index (χ1) is 24.8. The van der Waals surface area contributed by atoms with E-state index in [0.717, 1.165) is 6.07 Å². The van der Waals surface area contributed by atoms with E-state index in [1.807, 2.05) is 0 Å². The monoisotopic (exact) mass is 712 g/mol. The third kappa shape index (κ3) is 5.82. The molecule has 3 aromatic rings. The average molecular weight is 713 g/mol. The molecule has 0 heterocycles. The summed E-state index contributed by atoms with van der Waals surface area (Å²) in [5.41, 5.74) is 2.66. The van der Waals surface area contributed by atoms with Gasteiger partial charge in [-0.05, 0) is 39.9 Å². The number of nitrogens with two attached hydrogens (primary N) is 1. The lowest BCUT2D eigenvalue weighted by Gasteiger charge is -2.50. The van der Waals surface area contributed by atoms with E-state index in [1.165, 1.54) is 13.0 Å². The number of carbonyl (C=O) groups excluding carboxylic acids is 5. The number of rotatable bonds is 7. The number of anilines is 1. The van der Waals surface area contributed by atoms with Gasteiger partial charge in [0.05, 0.1) is 17.4 Å². The van der Waals surface area contributed by atoms with Crippen LogP contribution in [0.25, 0.3) is 0 Å². The van der Waals surface area contributed by atoms with Crippen molar-refractivity contribution in [2.24, 2.45) is 22.7 Å². The van der Waals surface area contributed by atoms with Crippen LogP contribution in [0.5, 0.6) is 5.75 Å². The number of hydrogen-bond acceptors (Lipinski definition) is 13. The number of phenols is 1. The van der Waals surface area contributed by atoms with E-state index in [1.54, 1.807) is 60.7 Å². The van der Waals surface area contributed by atoms with Crippen LogP contribution in [0.3, 0.4) is 0 Å². The van der Waals surface area contributed by atoms with Crippen LogP contribution >= 0.6 is 0 Å². The molecule has 0 radical (unpaired) electrons. The maximum atomic E-state index is 14.2. The molecule has 0 bridgehead atoms. The maximum Gasteiger partial charge on any atom is 0.433 e. The number of allylic oxidation sites excluding steroid dienone is 1. The number of benzene rings is 3. The van der Waals surface area contributed by atoms with Crippen molar-refractivity contribution in [3.8, 4) is 5.75 Å². The number of aliphatic hydroxyl groups excluding tert-OH is 2. The summed E-state index contributed by atoms with van der Waals surface area (Å²) in [6.07, 6.45) is -4.80. The maximum absolute atomic E-state index is 14.2. The van der Waals surface area contributed by atoms with Gasteiger partial charge >= 0.3 is 12.2 Å². The van der Waals surface area contributed by atoms with Crippen molar-refractivity contribution in [1.82, 2.24) is 5.43 Å². The molecule has 0 aromatic heterocycles. The number of nitrogens with one attached hydrogen (secondary N) is 1. The lowest BCUT2D eigenvalue weighted by Crippen LogP contribution is -2.62. The van der Waals surface area contributed by atoms with Gasteiger partial charge in [-0.2, -0.15) is 5.01 Å². The van der Waals surface area contributed by atoms with Crippen LogP contribution in [0, 0.1) is 16.7 Å². The molecule has 268 valence electrons. The number of hydrogen-bond donors (Lipinski definition) is 6. The zero-order valence-corrected chi connectivity index (χ0v) is 27.4. The Labute approximate surface area is 294 Å². The number of ether oxygens (including phenoxy) is 2. The summed E-state index contributed by atoms with van der Waals surface area (Å²) in [7, 11) is 0. The van der Waals surface area contributed by atoms with E-state index >= 15 is 0 Å². The summed E-state index contributed by atoms with van der Waals surface area (Å²) in [5, 5.41) is 49.3. The number of amides is 3. The molecule has 0 saturated heterocycles. The summed E-state index contributed by atoms with van der Waals surface area (Å²) in [6, 6.07) is 19.5. The number of fused-ring (bicyclic) bond motifs is 3. The zero-order chi connectivity index (χ0) is 37.5. The van der Waals surface area contributed by atoms with E-state index in [0.29, 0.717) is 16.1 Å². The van der Waals surface area contributed by atoms with Crippen molar-refractivity contribution in [2.45, 2.75) is 44.2 Å². The smallest absolute Gasteiger partial charge is 0.433 e. The topological polar surface area (TPSA) is 255 Å². The summed E-state index contributed by atoms with van der Waals surface area (Å²) >= 11 is 0. The zero-order valence-electron chi connectivity index (χ0n) is 27.4. The number of aliphatic hydroxyl groups is 3. The van der Waals surface area contributed by atoms with Crippen molar-refractivity contribution in [2.75, 3.05) is 5.01 Å².